The zero-order chi connectivity index (χ0) is 16.5. The van der Waals surface area contributed by atoms with E-state index in [9.17, 15) is 4.39 Å². The number of hydrogen-bond donors (Lipinski definition) is 1. The molecule has 3 aromatic heterocycles. The molecule has 0 fully saturated rings. The van der Waals surface area contributed by atoms with E-state index in [0.29, 0.717) is 11.3 Å². The molecule has 0 aliphatic carbocycles. The molecule has 5 nitrogen and oxygen atoms in total. The van der Waals surface area contributed by atoms with Crippen LogP contribution >= 0.6 is 0 Å². The van der Waals surface area contributed by atoms with Gasteiger partial charge < -0.3 is 5.32 Å². The summed E-state index contributed by atoms with van der Waals surface area (Å²) in [5.41, 5.74) is 3.76. The van der Waals surface area contributed by atoms with Crippen LogP contribution < -0.4 is 5.32 Å². The molecule has 0 radical (unpaired) electrons. The SMILES string of the molecule is CNc1ccc(F)c(-n2cc3cc(-c4ccncc4)cnc3n2)c1. The van der Waals surface area contributed by atoms with Crippen molar-refractivity contribution in [1.82, 2.24) is 19.7 Å². The quantitative estimate of drug-likeness (QED) is 0.626. The van der Waals surface area contributed by atoms with E-state index < -0.39 is 0 Å². The molecule has 6 heteroatoms. The van der Waals surface area contributed by atoms with Gasteiger partial charge in [-0.25, -0.2) is 14.1 Å². The Morgan fingerprint density at radius 3 is 2.67 bits per heavy atom. The lowest BCUT2D eigenvalue weighted by atomic mass is 10.1. The molecule has 1 aromatic carbocycles. The Bertz CT molecular complexity index is 1010. The van der Waals surface area contributed by atoms with Crippen molar-refractivity contribution in [1.29, 1.82) is 0 Å². The molecule has 118 valence electrons. The summed E-state index contributed by atoms with van der Waals surface area (Å²) >= 11 is 0. The standard InChI is InChI=1S/C18H14FN5/c1-20-15-2-3-16(19)17(9-15)24-11-14-8-13(10-22-18(14)23-24)12-4-6-21-7-5-12/h2-11,20H,1H3. The van der Waals surface area contributed by atoms with Crippen molar-refractivity contribution < 1.29 is 4.39 Å². The minimum absolute atomic E-state index is 0.337. The van der Waals surface area contributed by atoms with E-state index >= 15 is 0 Å². The summed E-state index contributed by atoms with van der Waals surface area (Å²) < 4.78 is 15.7. The Hall–Kier alpha value is -3.28. The largest absolute Gasteiger partial charge is 0.388 e. The topological polar surface area (TPSA) is 55.6 Å². The second-order valence-corrected chi connectivity index (χ2v) is 5.36. The first-order chi connectivity index (χ1) is 11.7. The smallest absolute Gasteiger partial charge is 0.181 e. The van der Waals surface area contributed by atoms with Crippen LogP contribution in [-0.4, -0.2) is 26.8 Å². The summed E-state index contributed by atoms with van der Waals surface area (Å²) in [7, 11) is 1.79. The third-order valence-corrected chi connectivity index (χ3v) is 3.85. The molecule has 3 heterocycles. The molecule has 0 saturated carbocycles. The normalized spacial score (nSPS) is 10.9. The first kappa shape index (κ1) is 14.3. The molecule has 4 aromatic rings. The van der Waals surface area contributed by atoms with Crippen LogP contribution in [0.15, 0.2) is 61.2 Å². The molecule has 24 heavy (non-hydrogen) atoms. The number of aromatic nitrogens is 4. The zero-order valence-electron chi connectivity index (χ0n) is 12.9. The van der Waals surface area contributed by atoms with Gasteiger partial charge in [0.25, 0.3) is 0 Å². The van der Waals surface area contributed by atoms with Gasteiger partial charge in [-0.2, -0.15) is 0 Å². The molecule has 0 aliphatic rings. The van der Waals surface area contributed by atoms with E-state index in [1.807, 2.05) is 18.2 Å². The fourth-order valence-electron chi connectivity index (χ4n) is 2.59. The van der Waals surface area contributed by atoms with Crippen molar-refractivity contribution in [3.8, 4) is 16.8 Å². The molecular weight excluding hydrogens is 305 g/mol. The van der Waals surface area contributed by atoms with Crippen molar-refractivity contribution in [2.24, 2.45) is 0 Å². The van der Waals surface area contributed by atoms with Crippen LogP contribution in [0.2, 0.25) is 0 Å². The number of anilines is 1. The number of halogens is 1. The van der Waals surface area contributed by atoms with Gasteiger partial charge in [0.05, 0.1) is 0 Å². The number of rotatable bonds is 3. The van der Waals surface area contributed by atoms with Gasteiger partial charge in [0, 0.05) is 48.5 Å². The number of fused-ring (bicyclic) bond motifs is 1. The third kappa shape index (κ3) is 2.48. The molecule has 0 unspecified atom stereocenters. The molecule has 1 N–H and O–H groups in total. The number of hydrogen-bond acceptors (Lipinski definition) is 4. The minimum atomic E-state index is -0.337. The number of nitrogens with zero attached hydrogens (tertiary/aromatic N) is 4. The molecule has 0 saturated heterocycles. The van der Waals surface area contributed by atoms with Crippen molar-refractivity contribution in [2.75, 3.05) is 12.4 Å². The molecule has 0 spiro atoms. The maximum Gasteiger partial charge on any atom is 0.181 e. The summed E-state index contributed by atoms with van der Waals surface area (Å²) in [6.07, 6.45) is 7.02. The van der Waals surface area contributed by atoms with Gasteiger partial charge in [0.2, 0.25) is 0 Å². The molecule has 0 amide bonds. The van der Waals surface area contributed by atoms with Gasteiger partial charge in [-0.3, -0.25) is 4.98 Å². The van der Waals surface area contributed by atoms with Gasteiger partial charge in [-0.1, -0.05) is 0 Å². The van der Waals surface area contributed by atoms with E-state index in [0.717, 1.165) is 22.2 Å². The van der Waals surface area contributed by atoms with Crippen LogP contribution in [0.5, 0.6) is 0 Å². The summed E-state index contributed by atoms with van der Waals surface area (Å²) in [5.74, 6) is -0.337. The van der Waals surface area contributed by atoms with Crippen LogP contribution in [0.1, 0.15) is 0 Å². The maximum absolute atomic E-state index is 14.1. The Morgan fingerprint density at radius 1 is 1.04 bits per heavy atom. The van der Waals surface area contributed by atoms with Crippen LogP contribution in [0.25, 0.3) is 27.8 Å². The average molecular weight is 319 g/mol. The molecule has 0 aliphatic heterocycles. The first-order valence-electron chi connectivity index (χ1n) is 7.48. The average Bonchev–Trinajstić information content (AvgIpc) is 3.06. The highest BCUT2D eigenvalue weighted by Crippen LogP contribution is 2.24. The van der Waals surface area contributed by atoms with Gasteiger partial charge in [-0.15, -0.1) is 5.10 Å². The van der Waals surface area contributed by atoms with Crippen molar-refractivity contribution >= 4 is 16.7 Å². The molecule has 0 atom stereocenters. The van der Waals surface area contributed by atoms with E-state index in [4.69, 9.17) is 0 Å². The second-order valence-electron chi connectivity index (χ2n) is 5.36. The highest BCUT2D eigenvalue weighted by molar-refractivity contribution is 5.80. The Labute approximate surface area is 137 Å². The van der Waals surface area contributed by atoms with Crippen molar-refractivity contribution in [3.63, 3.8) is 0 Å². The van der Waals surface area contributed by atoms with Crippen LogP contribution in [-0.2, 0) is 0 Å². The summed E-state index contributed by atoms with van der Waals surface area (Å²) in [6.45, 7) is 0. The summed E-state index contributed by atoms with van der Waals surface area (Å²) in [5, 5.41) is 8.22. The fourth-order valence-corrected chi connectivity index (χ4v) is 2.59. The molecule has 0 bridgehead atoms. The lowest BCUT2D eigenvalue weighted by molar-refractivity contribution is 0.611. The molecule has 4 rings (SSSR count). The predicted octanol–water partition coefficient (Wildman–Crippen LogP) is 3.66. The second kappa shape index (κ2) is 5.73. The number of benzene rings is 1. The Morgan fingerprint density at radius 2 is 1.88 bits per heavy atom. The van der Waals surface area contributed by atoms with E-state index in [1.165, 1.54) is 10.7 Å². The van der Waals surface area contributed by atoms with Crippen molar-refractivity contribution in [2.45, 2.75) is 0 Å². The van der Waals surface area contributed by atoms with E-state index in [1.54, 1.807) is 44.0 Å². The van der Waals surface area contributed by atoms with E-state index in [-0.39, 0.29) is 5.82 Å². The van der Waals surface area contributed by atoms with Crippen LogP contribution in [0, 0.1) is 5.82 Å². The monoisotopic (exact) mass is 319 g/mol. The number of nitrogens with one attached hydrogen (secondary N) is 1. The number of pyridine rings is 2. The third-order valence-electron chi connectivity index (χ3n) is 3.85. The first-order valence-corrected chi connectivity index (χ1v) is 7.48. The highest BCUT2D eigenvalue weighted by atomic mass is 19.1. The van der Waals surface area contributed by atoms with Gasteiger partial charge in [0.15, 0.2) is 5.65 Å². The lowest BCUT2D eigenvalue weighted by Gasteiger charge is -2.05. The molecular formula is C18H14FN5. The van der Waals surface area contributed by atoms with Crippen molar-refractivity contribution in [3.05, 3.63) is 67.0 Å². The summed E-state index contributed by atoms with van der Waals surface area (Å²) in [4.78, 5) is 8.40. The Balaban J connectivity index is 1.82. The maximum atomic E-state index is 14.1. The Kier molecular flexibility index (Phi) is 3.42. The predicted molar refractivity (Wildman–Crippen MR) is 91.6 cm³/mol. The zero-order valence-corrected chi connectivity index (χ0v) is 12.9. The van der Waals surface area contributed by atoms with Crippen LogP contribution in [0.3, 0.4) is 0 Å². The lowest BCUT2D eigenvalue weighted by Crippen LogP contribution is -2.00. The summed E-state index contributed by atoms with van der Waals surface area (Å²) in [6, 6.07) is 10.6. The van der Waals surface area contributed by atoms with Crippen LogP contribution in [0.4, 0.5) is 10.1 Å². The van der Waals surface area contributed by atoms with Gasteiger partial charge in [0.1, 0.15) is 11.5 Å². The van der Waals surface area contributed by atoms with Gasteiger partial charge in [-0.05, 0) is 42.0 Å². The highest BCUT2D eigenvalue weighted by Gasteiger charge is 2.10. The fraction of sp³-hybridized carbons (Fsp3) is 0.0556. The van der Waals surface area contributed by atoms with E-state index in [2.05, 4.69) is 20.4 Å². The minimum Gasteiger partial charge on any atom is -0.388 e. The van der Waals surface area contributed by atoms with Gasteiger partial charge >= 0.3 is 0 Å².